The molecule has 1 aliphatic rings. The molecule has 1 aromatic heterocycles. The maximum atomic E-state index is 13.7. The van der Waals surface area contributed by atoms with E-state index in [1.807, 2.05) is 0 Å². The van der Waals surface area contributed by atoms with Crippen LogP contribution in [0.3, 0.4) is 0 Å². The van der Waals surface area contributed by atoms with Gasteiger partial charge in [0.2, 0.25) is 5.91 Å². The summed E-state index contributed by atoms with van der Waals surface area (Å²) in [5.41, 5.74) is -0.256. The topological polar surface area (TPSA) is 103 Å². The maximum Gasteiger partial charge on any atom is 0.325 e. The highest BCUT2D eigenvalue weighted by molar-refractivity contribution is 5.98. The number of halogens is 1. The minimum atomic E-state index is -0.648. The van der Waals surface area contributed by atoms with Crippen LogP contribution in [0.2, 0.25) is 0 Å². The van der Waals surface area contributed by atoms with Crippen LogP contribution in [0.4, 0.5) is 4.39 Å². The van der Waals surface area contributed by atoms with Crippen LogP contribution in [0.5, 0.6) is 0 Å². The first kappa shape index (κ1) is 17.8. The lowest BCUT2D eigenvalue weighted by atomic mass is 9.97. The summed E-state index contributed by atoms with van der Waals surface area (Å²) >= 11 is 0. The highest BCUT2D eigenvalue weighted by atomic mass is 19.1. The number of Topliss-reactive ketones (excluding diaryl/α,β-unsaturated/α-hetero) is 1. The third kappa shape index (κ3) is 3.49. The Kier molecular flexibility index (Phi) is 4.83. The highest BCUT2D eigenvalue weighted by Crippen LogP contribution is 2.19. The van der Waals surface area contributed by atoms with E-state index in [2.05, 4.69) is 9.97 Å². The zero-order chi connectivity index (χ0) is 18.8. The predicted molar refractivity (Wildman–Crippen MR) is 91.3 cm³/mol. The van der Waals surface area contributed by atoms with Crippen LogP contribution >= 0.6 is 0 Å². The van der Waals surface area contributed by atoms with Crippen LogP contribution in [0.1, 0.15) is 35.0 Å². The molecule has 2 aromatic rings. The van der Waals surface area contributed by atoms with Crippen molar-refractivity contribution in [2.75, 3.05) is 6.54 Å². The van der Waals surface area contributed by atoms with Gasteiger partial charge in [-0.3, -0.25) is 19.4 Å². The number of rotatable bonds is 4. The molecule has 136 valence electrons. The van der Waals surface area contributed by atoms with Gasteiger partial charge in [-0.25, -0.2) is 9.18 Å². The standard InChI is InChI=1S/C18H18FN3O4/c1-10(8-15(23)11-4-2-3-5-13(11)19)17(25)22-7-6-14-12(9-22)16(24)21-18(26)20-14/h2-5,10H,6-9H2,1H3,(H2,20,21,24,26). The molecule has 0 fully saturated rings. The van der Waals surface area contributed by atoms with Crippen LogP contribution in [-0.2, 0) is 17.8 Å². The molecule has 1 atom stereocenters. The fraction of sp³-hybridized carbons (Fsp3) is 0.333. The Morgan fingerprint density at radius 3 is 2.69 bits per heavy atom. The summed E-state index contributed by atoms with van der Waals surface area (Å²) < 4.78 is 13.7. The molecule has 2 N–H and O–H groups in total. The maximum absolute atomic E-state index is 13.7. The third-order valence-corrected chi connectivity index (χ3v) is 4.51. The first-order valence-electron chi connectivity index (χ1n) is 8.27. The van der Waals surface area contributed by atoms with Gasteiger partial charge in [0.1, 0.15) is 5.82 Å². The third-order valence-electron chi connectivity index (χ3n) is 4.51. The normalized spacial score (nSPS) is 14.6. The quantitative estimate of drug-likeness (QED) is 0.795. The van der Waals surface area contributed by atoms with Crippen molar-refractivity contribution in [3.8, 4) is 0 Å². The van der Waals surface area contributed by atoms with Crippen molar-refractivity contribution in [2.24, 2.45) is 5.92 Å². The lowest BCUT2D eigenvalue weighted by molar-refractivity contribution is -0.135. The van der Waals surface area contributed by atoms with E-state index in [4.69, 9.17) is 0 Å². The van der Waals surface area contributed by atoms with Crippen molar-refractivity contribution < 1.29 is 14.0 Å². The molecule has 8 heteroatoms. The van der Waals surface area contributed by atoms with Crippen LogP contribution in [0.15, 0.2) is 33.9 Å². The summed E-state index contributed by atoms with van der Waals surface area (Å²) in [6.07, 6.45) is 0.235. The van der Waals surface area contributed by atoms with Gasteiger partial charge < -0.3 is 9.88 Å². The highest BCUT2D eigenvalue weighted by Gasteiger charge is 2.28. The summed E-state index contributed by atoms with van der Waals surface area (Å²) in [7, 11) is 0. The summed E-state index contributed by atoms with van der Waals surface area (Å²) in [6.45, 7) is 2.01. The second-order valence-corrected chi connectivity index (χ2v) is 6.38. The Hall–Kier alpha value is -3.03. The number of benzene rings is 1. The second-order valence-electron chi connectivity index (χ2n) is 6.38. The molecule has 3 rings (SSSR count). The molecule has 0 spiro atoms. The van der Waals surface area contributed by atoms with E-state index in [0.29, 0.717) is 24.2 Å². The lowest BCUT2D eigenvalue weighted by Gasteiger charge is -2.29. The Balaban J connectivity index is 1.71. The molecule has 1 aliphatic heterocycles. The summed E-state index contributed by atoms with van der Waals surface area (Å²) in [6, 6.07) is 5.65. The fourth-order valence-electron chi connectivity index (χ4n) is 3.12. The number of fused-ring (bicyclic) bond motifs is 1. The van der Waals surface area contributed by atoms with Gasteiger partial charge >= 0.3 is 5.69 Å². The number of H-pyrrole nitrogens is 2. The largest absolute Gasteiger partial charge is 0.337 e. The summed E-state index contributed by atoms with van der Waals surface area (Å²) in [4.78, 5) is 54.3. The molecule has 1 aromatic carbocycles. The molecular weight excluding hydrogens is 341 g/mol. The first-order valence-corrected chi connectivity index (χ1v) is 8.27. The fourth-order valence-corrected chi connectivity index (χ4v) is 3.12. The minimum Gasteiger partial charge on any atom is -0.337 e. The summed E-state index contributed by atoms with van der Waals surface area (Å²) in [5.74, 6) is -1.99. The van der Waals surface area contributed by atoms with Gasteiger partial charge in [0, 0.05) is 31.0 Å². The van der Waals surface area contributed by atoms with Crippen molar-refractivity contribution >= 4 is 11.7 Å². The van der Waals surface area contributed by atoms with Gasteiger partial charge in [-0.05, 0) is 12.1 Å². The van der Waals surface area contributed by atoms with E-state index in [1.54, 1.807) is 13.0 Å². The van der Waals surface area contributed by atoms with Crippen LogP contribution in [-0.4, -0.2) is 33.1 Å². The van der Waals surface area contributed by atoms with E-state index < -0.39 is 28.8 Å². The molecule has 1 amide bonds. The van der Waals surface area contributed by atoms with Crippen LogP contribution in [0.25, 0.3) is 0 Å². The molecule has 2 heterocycles. The van der Waals surface area contributed by atoms with Gasteiger partial charge in [0.15, 0.2) is 5.78 Å². The molecule has 26 heavy (non-hydrogen) atoms. The molecule has 0 aliphatic carbocycles. The number of aromatic amines is 2. The number of carbonyl (C=O) groups excluding carboxylic acids is 2. The molecule has 0 saturated carbocycles. The minimum absolute atomic E-state index is 0.0369. The predicted octanol–water partition coefficient (Wildman–Crippen LogP) is 0.996. The number of carbonyl (C=O) groups is 2. The number of hydrogen-bond donors (Lipinski definition) is 2. The van der Waals surface area contributed by atoms with E-state index in [1.165, 1.54) is 23.1 Å². The van der Waals surface area contributed by atoms with E-state index in [9.17, 15) is 23.6 Å². The Labute approximate surface area is 147 Å². The number of amides is 1. The zero-order valence-corrected chi connectivity index (χ0v) is 14.2. The summed E-state index contributed by atoms with van der Waals surface area (Å²) in [5, 5.41) is 0. The molecule has 0 saturated heterocycles. The lowest BCUT2D eigenvalue weighted by Crippen LogP contribution is -2.43. The van der Waals surface area contributed by atoms with Gasteiger partial charge in [-0.1, -0.05) is 19.1 Å². The molecule has 7 nitrogen and oxygen atoms in total. The molecule has 1 unspecified atom stereocenters. The Bertz CT molecular complexity index is 979. The van der Waals surface area contributed by atoms with Gasteiger partial charge in [-0.2, -0.15) is 0 Å². The second kappa shape index (κ2) is 7.07. The smallest absolute Gasteiger partial charge is 0.325 e. The zero-order valence-electron chi connectivity index (χ0n) is 14.2. The number of ketones is 1. The van der Waals surface area contributed by atoms with Crippen molar-refractivity contribution in [1.29, 1.82) is 0 Å². The van der Waals surface area contributed by atoms with Crippen LogP contribution in [0, 0.1) is 11.7 Å². The average molecular weight is 359 g/mol. The van der Waals surface area contributed by atoms with Crippen LogP contribution < -0.4 is 11.2 Å². The van der Waals surface area contributed by atoms with E-state index in [0.717, 1.165) is 0 Å². The van der Waals surface area contributed by atoms with Crippen molar-refractivity contribution in [2.45, 2.75) is 26.3 Å². The molecular formula is C18H18FN3O4. The number of aromatic nitrogens is 2. The van der Waals surface area contributed by atoms with Gasteiger partial charge in [-0.15, -0.1) is 0 Å². The first-order chi connectivity index (χ1) is 12.4. The molecule has 0 radical (unpaired) electrons. The van der Waals surface area contributed by atoms with E-state index in [-0.39, 0.29) is 24.4 Å². The monoisotopic (exact) mass is 359 g/mol. The van der Waals surface area contributed by atoms with Crippen molar-refractivity contribution in [3.63, 3.8) is 0 Å². The van der Waals surface area contributed by atoms with Gasteiger partial charge in [0.05, 0.1) is 17.7 Å². The average Bonchev–Trinajstić information content (AvgIpc) is 2.61. The Morgan fingerprint density at radius 2 is 1.96 bits per heavy atom. The van der Waals surface area contributed by atoms with Gasteiger partial charge in [0.25, 0.3) is 5.56 Å². The number of hydrogen-bond acceptors (Lipinski definition) is 4. The number of nitrogens with zero attached hydrogens (tertiary/aromatic N) is 1. The number of nitrogens with one attached hydrogen (secondary N) is 2. The van der Waals surface area contributed by atoms with Crippen molar-refractivity contribution in [1.82, 2.24) is 14.9 Å². The van der Waals surface area contributed by atoms with E-state index >= 15 is 0 Å². The van der Waals surface area contributed by atoms with Crippen molar-refractivity contribution in [3.05, 3.63) is 67.7 Å². The SMILES string of the molecule is CC(CC(=O)c1ccccc1F)C(=O)N1CCc2[nH]c(=O)[nH]c(=O)c2C1. The Morgan fingerprint density at radius 1 is 1.23 bits per heavy atom. The molecule has 0 bridgehead atoms.